The molecule has 0 spiro atoms. The van der Waals surface area contributed by atoms with Crippen LogP contribution in [0.15, 0.2) is 18.2 Å². The molecule has 20 heavy (non-hydrogen) atoms. The zero-order chi connectivity index (χ0) is 14.8. The van der Waals surface area contributed by atoms with E-state index in [9.17, 15) is 0 Å². The fourth-order valence-electron chi connectivity index (χ4n) is 2.68. The van der Waals surface area contributed by atoms with E-state index in [1.165, 1.54) is 5.56 Å². The van der Waals surface area contributed by atoms with Crippen molar-refractivity contribution in [1.82, 2.24) is 5.32 Å². The lowest BCUT2D eigenvalue weighted by Gasteiger charge is -2.36. The van der Waals surface area contributed by atoms with Crippen molar-refractivity contribution in [1.29, 1.82) is 0 Å². The van der Waals surface area contributed by atoms with Gasteiger partial charge in [-0.1, -0.05) is 6.07 Å². The zero-order valence-electron chi connectivity index (χ0n) is 13.0. The molecular weight excluding hydrogens is 254 g/mol. The van der Waals surface area contributed by atoms with Crippen LogP contribution in [0.2, 0.25) is 0 Å². The van der Waals surface area contributed by atoms with Crippen LogP contribution in [0, 0.1) is 0 Å². The normalized spacial score (nSPS) is 22.1. The van der Waals surface area contributed by atoms with Gasteiger partial charge in [0.15, 0.2) is 0 Å². The second-order valence-electron chi connectivity index (χ2n) is 5.89. The van der Waals surface area contributed by atoms with Crippen LogP contribution in [-0.2, 0) is 4.74 Å². The molecule has 1 aromatic rings. The summed E-state index contributed by atoms with van der Waals surface area (Å²) in [5, 5.41) is 3.37. The minimum absolute atomic E-state index is 0.141. The predicted molar refractivity (Wildman–Crippen MR) is 79.5 cm³/mol. The monoisotopic (exact) mass is 279 g/mol. The summed E-state index contributed by atoms with van der Waals surface area (Å²) in [6.45, 7) is 4.18. The summed E-state index contributed by atoms with van der Waals surface area (Å²) in [7, 11) is 5.41. The van der Waals surface area contributed by atoms with Crippen molar-refractivity contribution >= 4 is 0 Å². The number of methoxy groups -OCH3 is 2. The number of benzene rings is 1. The molecule has 4 nitrogen and oxygen atoms in total. The van der Waals surface area contributed by atoms with E-state index in [0.717, 1.165) is 24.3 Å². The Labute approximate surface area is 121 Å². The second kappa shape index (κ2) is 6.02. The van der Waals surface area contributed by atoms with Gasteiger partial charge in [-0.15, -0.1) is 0 Å². The maximum absolute atomic E-state index is 6.14. The molecule has 2 unspecified atom stereocenters. The van der Waals surface area contributed by atoms with E-state index in [0.29, 0.717) is 6.04 Å². The molecule has 0 saturated heterocycles. The first-order valence-electron chi connectivity index (χ1n) is 7.06. The Morgan fingerprint density at radius 3 is 2.70 bits per heavy atom. The van der Waals surface area contributed by atoms with Crippen LogP contribution in [-0.4, -0.2) is 33.0 Å². The SMILES string of the molecule is CNC1CC(CC(C)(C)OC)Oc2cc(OC)ccc21. The molecule has 0 fully saturated rings. The van der Waals surface area contributed by atoms with Gasteiger partial charge < -0.3 is 19.5 Å². The highest BCUT2D eigenvalue weighted by Gasteiger charge is 2.32. The lowest BCUT2D eigenvalue weighted by Crippen LogP contribution is -2.37. The van der Waals surface area contributed by atoms with Crippen LogP contribution in [0.4, 0.5) is 0 Å². The van der Waals surface area contributed by atoms with Crippen molar-refractivity contribution in [3.05, 3.63) is 23.8 Å². The van der Waals surface area contributed by atoms with Crippen molar-refractivity contribution in [2.45, 2.75) is 44.4 Å². The fourth-order valence-corrected chi connectivity index (χ4v) is 2.68. The molecule has 0 aliphatic carbocycles. The number of ether oxygens (including phenoxy) is 3. The van der Waals surface area contributed by atoms with Crippen molar-refractivity contribution < 1.29 is 14.2 Å². The Balaban J connectivity index is 2.22. The Morgan fingerprint density at radius 2 is 2.10 bits per heavy atom. The molecule has 4 heteroatoms. The highest BCUT2D eigenvalue weighted by Crippen LogP contribution is 2.39. The van der Waals surface area contributed by atoms with Crippen molar-refractivity contribution in [2.75, 3.05) is 21.3 Å². The summed E-state index contributed by atoms with van der Waals surface area (Å²) >= 11 is 0. The lowest BCUT2D eigenvalue weighted by atomic mass is 9.90. The molecule has 1 aliphatic rings. The van der Waals surface area contributed by atoms with Gasteiger partial charge in [0, 0.05) is 37.6 Å². The maximum atomic E-state index is 6.14. The van der Waals surface area contributed by atoms with Crippen LogP contribution >= 0.6 is 0 Å². The van der Waals surface area contributed by atoms with Crippen LogP contribution in [0.5, 0.6) is 11.5 Å². The first-order valence-corrected chi connectivity index (χ1v) is 7.06. The van der Waals surface area contributed by atoms with Crippen LogP contribution in [0.3, 0.4) is 0 Å². The molecule has 0 amide bonds. The molecule has 1 aliphatic heterocycles. The number of hydrogen-bond donors (Lipinski definition) is 1. The van der Waals surface area contributed by atoms with E-state index < -0.39 is 0 Å². The standard InChI is InChI=1S/C16H25NO3/c1-16(2,19-5)10-12-8-14(17-3)13-7-6-11(18-4)9-15(13)20-12/h6-7,9,12,14,17H,8,10H2,1-5H3. The maximum Gasteiger partial charge on any atom is 0.128 e. The Hall–Kier alpha value is -1.26. The zero-order valence-corrected chi connectivity index (χ0v) is 13.0. The number of fused-ring (bicyclic) bond motifs is 1. The van der Waals surface area contributed by atoms with Gasteiger partial charge in [-0.2, -0.15) is 0 Å². The smallest absolute Gasteiger partial charge is 0.128 e. The van der Waals surface area contributed by atoms with Gasteiger partial charge >= 0.3 is 0 Å². The largest absolute Gasteiger partial charge is 0.497 e. The minimum atomic E-state index is -0.181. The molecule has 1 heterocycles. The Morgan fingerprint density at radius 1 is 1.35 bits per heavy atom. The summed E-state index contributed by atoms with van der Waals surface area (Å²) in [6.07, 6.45) is 1.95. The molecule has 112 valence electrons. The summed E-state index contributed by atoms with van der Waals surface area (Å²) in [4.78, 5) is 0. The van der Waals surface area contributed by atoms with Crippen LogP contribution in [0.25, 0.3) is 0 Å². The van der Waals surface area contributed by atoms with E-state index in [1.807, 2.05) is 19.2 Å². The van der Waals surface area contributed by atoms with Gasteiger partial charge in [0.25, 0.3) is 0 Å². The third-order valence-electron chi connectivity index (χ3n) is 4.01. The van der Waals surface area contributed by atoms with Gasteiger partial charge in [-0.3, -0.25) is 0 Å². The molecule has 0 saturated carbocycles. The van der Waals surface area contributed by atoms with Crippen molar-refractivity contribution in [2.24, 2.45) is 0 Å². The summed E-state index contributed by atoms with van der Waals surface area (Å²) < 4.78 is 16.9. The predicted octanol–water partition coefficient (Wildman–Crippen LogP) is 2.92. The van der Waals surface area contributed by atoms with E-state index in [1.54, 1.807) is 14.2 Å². The van der Waals surface area contributed by atoms with Crippen molar-refractivity contribution in [3.8, 4) is 11.5 Å². The first-order chi connectivity index (χ1) is 9.49. The first kappa shape index (κ1) is 15.1. The molecule has 2 atom stereocenters. The highest BCUT2D eigenvalue weighted by atomic mass is 16.5. The van der Waals surface area contributed by atoms with E-state index in [4.69, 9.17) is 14.2 Å². The molecule has 0 bridgehead atoms. The van der Waals surface area contributed by atoms with Gasteiger partial charge in [0.05, 0.1) is 12.7 Å². The van der Waals surface area contributed by atoms with Crippen LogP contribution < -0.4 is 14.8 Å². The molecule has 1 aromatic carbocycles. The number of rotatable bonds is 5. The molecule has 2 rings (SSSR count). The molecule has 0 aromatic heterocycles. The van der Waals surface area contributed by atoms with Crippen molar-refractivity contribution in [3.63, 3.8) is 0 Å². The van der Waals surface area contributed by atoms with Crippen LogP contribution in [0.1, 0.15) is 38.3 Å². The number of hydrogen-bond acceptors (Lipinski definition) is 4. The summed E-state index contributed by atoms with van der Waals surface area (Å²) in [5.41, 5.74) is 1.01. The topological polar surface area (TPSA) is 39.7 Å². The van der Waals surface area contributed by atoms with Gasteiger partial charge in [-0.25, -0.2) is 0 Å². The molecular formula is C16H25NO3. The Bertz CT molecular complexity index is 459. The van der Waals surface area contributed by atoms with E-state index >= 15 is 0 Å². The van der Waals surface area contributed by atoms with Gasteiger partial charge in [0.2, 0.25) is 0 Å². The van der Waals surface area contributed by atoms with Gasteiger partial charge in [-0.05, 0) is 27.0 Å². The average molecular weight is 279 g/mol. The Kier molecular flexibility index (Phi) is 4.55. The minimum Gasteiger partial charge on any atom is -0.497 e. The quantitative estimate of drug-likeness (QED) is 0.899. The third kappa shape index (κ3) is 3.25. The van der Waals surface area contributed by atoms with E-state index in [-0.39, 0.29) is 11.7 Å². The third-order valence-corrected chi connectivity index (χ3v) is 4.01. The highest BCUT2D eigenvalue weighted by molar-refractivity contribution is 5.44. The summed E-state index contributed by atoms with van der Waals surface area (Å²) in [5.74, 6) is 1.73. The number of nitrogens with one attached hydrogen (secondary N) is 1. The summed E-state index contributed by atoms with van der Waals surface area (Å²) in [6, 6.07) is 6.33. The lowest BCUT2D eigenvalue weighted by molar-refractivity contribution is -0.0203. The average Bonchev–Trinajstić information content (AvgIpc) is 2.45. The fraction of sp³-hybridized carbons (Fsp3) is 0.625. The molecule has 1 N–H and O–H groups in total. The van der Waals surface area contributed by atoms with Gasteiger partial charge in [0.1, 0.15) is 17.6 Å². The van der Waals surface area contributed by atoms with E-state index in [2.05, 4.69) is 25.2 Å². The second-order valence-corrected chi connectivity index (χ2v) is 5.89. The molecule has 0 radical (unpaired) electrons.